The van der Waals surface area contributed by atoms with Gasteiger partial charge < -0.3 is 4.42 Å². The highest BCUT2D eigenvalue weighted by atomic mass is 19.4. The maximum Gasteiger partial charge on any atom is 0.416 e. The average Bonchev–Trinajstić information content (AvgIpc) is 3.38. The highest BCUT2D eigenvalue weighted by molar-refractivity contribution is 6.08. The summed E-state index contributed by atoms with van der Waals surface area (Å²) in [5, 5.41) is 3.42. The van der Waals surface area contributed by atoms with Crippen LogP contribution in [0.5, 0.6) is 0 Å². The molecule has 0 N–H and O–H groups in total. The van der Waals surface area contributed by atoms with Gasteiger partial charge >= 0.3 is 12.4 Å². The minimum atomic E-state index is -4.91. The van der Waals surface area contributed by atoms with Crippen molar-refractivity contribution in [1.29, 1.82) is 0 Å². The van der Waals surface area contributed by atoms with Gasteiger partial charge in [0.25, 0.3) is 0 Å². The third kappa shape index (κ3) is 4.88. The number of rotatable bonds is 3. The normalized spacial score (nSPS) is 12.4. The molecule has 0 spiro atoms. The van der Waals surface area contributed by atoms with Crippen molar-refractivity contribution in [3.05, 3.63) is 127 Å². The monoisotopic (exact) mass is 583 g/mol. The maximum absolute atomic E-state index is 13.4. The van der Waals surface area contributed by atoms with E-state index in [0.29, 0.717) is 11.1 Å². The molecule has 0 fully saturated rings. The molecule has 0 aliphatic rings. The molecule has 0 unspecified atom stereocenters. The Morgan fingerprint density at radius 1 is 0.488 bits per heavy atom. The van der Waals surface area contributed by atoms with Gasteiger partial charge in [-0.3, -0.25) is 0 Å². The minimum Gasteiger partial charge on any atom is -0.437 e. The Hall–Kier alpha value is -5.11. The summed E-state index contributed by atoms with van der Waals surface area (Å²) in [7, 11) is 0. The van der Waals surface area contributed by atoms with Crippen LogP contribution in [0.1, 0.15) is 11.1 Å². The van der Waals surface area contributed by atoms with Gasteiger partial charge in [-0.05, 0) is 81.1 Å². The molecule has 43 heavy (non-hydrogen) atoms. The molecule has 2 heterocycles. The second kappa shape index (κ2) is 9.73. The zero-order valence-electron chi connectivity index (χ0n) is 22.1. The van der Waals surface area contributed by atoms with Crippen molar-refractivity contribution in [3.8, 4) is 33.4 Å². The lowest BCUT2D eigenvalue weighted by Crippen LogP contribution is -2.11. The van der Waals surface area contributed by atoms with Crippen molar-refractivity contribution in [3.63, 3.8) is 0 Å². The summed E-state index contributed by atoms with van der Waals surface area (Å²) in [5.74, 6) is 0. The molecule has 2 aromatic heterocycles. The zero-order valence-corrected chi connectivity index (χ0v) is 22.1. The quantitative estimate of drug-likeness (QED) is 0.193. The third-order valence-corrected chi connectivity index (χ3v) is 7.57. The van der Waals surface area contributed by atoms with Crippen LogP contribution in [-0.2, 0) is 12.4 Å². The lowest BCUT2D eigenvalue weighted by atomic mass is 9.95. The molecule has 7 aromatic rings. The third-order valence-electron chi connectivity index (χ3n) is 7.57. The van der Waals surface area contributed by atoms with E-state index in [1.165, 1.54) is 6.07 Å². The van der Waals surface area contributed by atoms with E-state index in [4.69, 9.17) is 4.42 Å². The first-order chi connectivity index (χ1) is 20.5. The van der Waals surface area contributed by atoms with Crippen LogP contribution in [0.4, 0.5) is 26.3 Å². The van der Waals surface area contributed by atoms with Gasteiger partial charge in [0.05, 0.1) is 11.1 Å². The van der Waals surface area contributed by atoms with Crippen LogP contribution in [0, 0.1) is 0 Å². The minimum absolute atomic E-state index is 0.135. The van der Waals surface area contributed by atoms with Crippen molar-refractivity contribution >= 4 is 32.8 Å². The summed E-state index contributed by atoms with van der Waals surface area (Å²) in [5.41, 5.74) is 2.53. The number of hydrogen-bond acceptors (Lipinski definition) is 2. The lowest BCUT2D eigenvalue weighted by Gasteiger charge is -2.15. The molecule has 2 nitrogen and oxygen atoms in total. The molecule has 0 saturated heterocycles. The molecule has 0 saturated carbocycles. The van der Waals surface area contributed by atoms with Gasteiger partial charge in [-0.25, -0.2) is 4.98 Å². The first-order valence-electron chi connectivity index (χ1n) is 13.3. The van der Waals surface area contributed by atoms with Crippen molar-refractivity contribution in [2.45, 2.75) is 12.4 Å². The van der Waals surface area contributed by atoms with E-state index in [-0.39, 0.29) is 17.2 Å². The summed E-state index contributed by atoms with van der Waals surface area (Å²) < 4.78 is 86.3. The van der Waals surface area contributed by atoms with Crippen molar-refractivity contribution in [1.82, 2.24) is 4.98 Å². The topological polar surface area (TPSA) is 26.0 Å². The van der Waals surface area contributed by atoms with Gasteiger partial charge in [0, 0.05) is 22.5 Å². The number of aromatic nitrogens is 1. The number of halogens is 6. The van der Waals surface area contributed by atoms with Crippen LogP contribution >= 0.6 is 0 Å². The van der Waals surface area contributed by atoms with E-state index in [1.54, 1.807) is 18.3 Å². The lowest BCUT2D eigenvalue weighted by molar-refractivity contribution is -0.143. The number of benzene rings is 5. The molecule has 0 radical (unpaired) electrons. The average molecular weight is 584 g/mol. The molecule has 7 rings (SSSR count). The summed E-state index contributed by atoms with van der Waals surface area (Å²) in [4.78, 5) is 4.32. The number of alkyl halides is 6. The standard InChI is InChI=1S/C35H19F6NO/c36-34(37,38)27-17-26(18-28(19-27)35(39,40)41)25-13-12-23-15-22(10-11-24(23)16-25)20-6-8-21(9-7-20)29-3-1-4-30-31-5-2-14-42-33(31)43-32(29)30/h1-19H. The number of nitrogens with zero attached hydrogens (tertiary/aromatic N) is 1. The van der Waals surface area contributed by atoms with Crippen LogP contribution in [0.15, 0.2) is 120 Å². The molecular formula is C35H19F6NO. The Morgan fingerprint density at radius 3 is 1.67 bits per heavy atom. The molecule has 0 aliphatic heterocycles. The fourth-order valence-electron chi connectivity index (χ4n) is 5.43. The fourth-order valence-corrected chi connectivity index (χ4v) is 5.43. The van der Waals surface area contributed by atoms with Crippen molar-refractivity contribution in [2.24, 2.45) is 0 Å². The molecule has 0 aliphatic carbocycles. The highest BCUT2D eigenvalue weighted by Gasteiger charge is 2.37. The highest BCUT2D eigenvalue weighted by Crippen LogP contribution is 2.40. The van der Waals surface area contributed by atoms with Crippen molar-refractivity contribution < 1.29 is 30.8 Å². The maximum atomic E-state index is 13.4. The summed E-state index contributed by atoms with van der Waals surface area (Å²) in [6.07, 6.45) is -8.13. The van der Waals surface area contributed by atoms with Crippen LogP contribution < -0.4 is 0 Å². The molecular weight excluding hydrogens is 564 g/mol. The Kier molecular flexibility index (Phi) is 6.06. The summed E-state index contributed by atoms with van der Waals surface area (Å²) in [6.45, 7) is 0. The van der Waals surface area contributed by atoms with E-state index in [1.807, 2.05) is 72.8 Å². The van der Waals surface area contributed by atoms with Gasteiger partial charge in [0.1, 0.15) is 5.58 Å². The van der Waals surface area contributed by atoms with Crippen LogP contribution in [-0.4, -0.2) is 4.98 Å². The molecule has 5 aromatic carbocycles. The van der Waals surface area contributed by atoms with E-state index in [9.17, 15) is 26.3 Å². The second-order valence-corrected chi connectivity index (χ2v) is 10.3. The second-order valence-electron chi connectivity index (χ2n) is 10.3. The fraction of sp³-hybridized carbons (Fsp3) is 0.0571. The number of pyridine rings is 1. The number of para-hydroxylation sites is 1. The van der Waals surface area contributed by atoms with E-state index < -0.39 is 23.5 Å². The van der Waals surface area contributed by atoms with Gasteiger partial charge in [0.2, 0.25) is 5.71 Å². The van der Waals surface area contributed by atoms with E-state index >= 15 is 0 Å². The van der Waals surface area contributed by atoms with Gasteiger partial charge in [-0.2, -0.15) is 26.3 Å². The Balaban J connectivity index is 1.22. The smallest absolute Gasteiger partial charge is 0.416 e. The number of fused-ring (bicyclic) bond motifs is 4. The Labute approximate surface area is 240 Å². The van der Waals surface area contributed by atoms with Gasteiger partial charge in [0.15, 0.2) is 0 Å². The van der Waals surface area contributed by atoms with Crippen LogP contribution in [0.25, 0.3) is 66.2 Å². The van der Waals surface area contributed by atoms with Crippen LogP contribution in [0.3, 0.4) is 0 Å². The predicted molar refractivity (Wildman–Crippen MR) is 155 cm³/mol. The summed E-state index contributed by atoms with van der Waals surface area (Å²) >= 11 is 0. The molecule has 0 amide bonds. The summed E-state index contributed by atoms with van der Waals surface area (Å²) in [6, 6.07) is 29.9. The Bertz CT molecular complexity index is 2130. The molecule has 8 heteroatoms. The van der Waals surface area contributed by atoms with Crippen LogP contribution in [0.2, 0.25) is 0 Å². The molecule has 0 atom stereocenters. The SMILES string of the molecule is FC(F)(F)c1cc(-c2ccc3cc(-c4ccc(-c5cccc6c5oc5ncccc56)cc4)ccc3c2)cc(C(F)(F)F)c1. The van der Waals surface area contributed by atoms with E-state index in [0.717, 1.165) is 56.1 Å². The number of furan rings is 1. The Morgan fingerprint density at radius 2 is 1.05 bits per heavy atom. The largest absolute Gasteiger partial charge is 0.437 e. The van der Waals surface area contributed by atoms with Gasteiger partial charge in [-0.1, -0.05) is 66.7 Å². The van der Waals surface area contributed by atoms with Crippen molar-refractivity contribution in [2.75, 3.05) is 0 Å². The first-order valence-corrected chi connectivity index (χ1v) is 13.3. The van der Waals surface area contributed by atoms with E-state index in [2.05, 4.69) is 4.98 Å². The predicted octanol–water partition coefficient (Wildman–Crippen LogP) is 11.2. The molecule has 212 valence electrons. The molecule has 0 bridgehead atoms. The van der Waals surface area contributed by atoms with Gasteiger partial charge in [-0.15, -0.1) is 0 Å². The zero-order chi connectivity index (χ0) is 29.9. The first kappa shape index (κ1) is 26.8. The number of hydrogen-bond donors (Lipinski definition) is 0.